The highest BCUT2D eigenvalue weighted by Crippen LogP contribution is 2.38. The van der Waals surface area contributed by atoms with E-state index < -0.39 is 41.6 Å². The van der Waals surface area contributed by atoms with E-state index in [9.17, 15) is 28.3 Å². The van der Waals surface area contributed by atoms with Gasteiger partial charge in [-0.15, -0.1) is 0 Å². The van der Waals surface area contributed by atoms with Crippen LogP contribution in [0.25, 0.3) is 11.1 Å². The highest BCUT2D eigenvalue weighted by atomic mass is 35.5. The van der Waals surface area contributed by atoms with E-state index in [1.807, 2.05) is 0 Å². The largest absolute Gasteiger partial charge is 0.478 e. The Hall–Kier alpha value is -5.16. The van der Waals surface area contributed by atoms with Crippen molar-refractivity contribution < 1.29 is 33.1 Å². The number of amides is 2. The molecule has 3 aromatic carbocycles. The third-order valence-electron chi connectivity index (χ3n) is 7.57. The van der Waals surface area contributed by atoms with Crippen LogP contribution in [0.2, 0.25) is 5.02 Å². The standard InChI is InChI=1S/C32H23ClF2N4O5/c33-25-6-2-5-24(28(25)35)26-14-27(44-38-26)31(41)39-12-11-22-21(18-13-19(34)16-36-15-18)3-1-4-23(22)29(39)30(40)37-20-9-7-17(8-10-20)32(42)43/h1-10,13,15-16,27,29H,11-12,14H2,(H,37,40)(H,42,43)/t27-,29-/m1/s1. The smallest absolute Gasteiger partial charge is 0.335 e. The molecule has 0 bridgehead atoms. The maximum Gasteiger partial charge on any atom is 0.335 e. The second kappa shape index (κ2) is 11.8. The summed E-state index contributed by atoms with van der Waals surface area (Å²) in [4.78, 5) is 49.9. The molecule has 6 rings (SSSR count). The number of carboxylic acids is 1. The average molecular weight is 617 g/mol. The summed E-state index contributed by atoms with van der Waals surface area (Å²) < 4.78 is 28.8. The Kier molecular flexibility index (Phi) is 7.79. The van der Waals surface area contributed by atoms with Gasteiger partial charge < -0.3 is 20.2 Å². The first-order valence-corrected chi connectivity index (χ1v) is 13.9. The van der Waals surface area contributed by atoms with Gasteiger partial charge in [0.2, 0.25) is 6.10 Å². The quantitative estimate of drug-likeness (QED) is 0.289. The molecular formula is C32H23ClF2N4O5. The molecule has 2 amide bonds. The van der Waals surface area contributed by atoms with Gasteiger partial charge in [-0.25, -0.2) is 13.6 Å². The Bertz CT molecular complexity index is 1830. The first-order chi connectivity index (χ1) is 21.2. The first kappa shape index (κ1) is 28.9. The van der Waals surface area contributed by atoms with Gasteiger partial charge in [-0.1, -0.05) is 41.0 Å². The predicted octanol–water partition coefficient (Wildman–Crippen LogP) is 5.64. The Morgan fingerprint density at radius 1 is 1.00 bits per heavy atom. The Labute approximate surface area is 254 Å². The number of nitrogens with zero attached hydrogens (tertiary/aromatic N) is 3. The summed E-state index contributed by atoms with van der Waals surface area (Å²) in [7, 11) is 0. The van der Waals surface area contributed by atoms with Gasteiger partial charge in [0.05, 0.1) is 22.5 Å². The van der Waals surface area contributed by atoms with Crippen LogP contribution in [0.5, 0.6) is 0 Å². The summed E-state index contributed by atoms with van der Waals surface area (Å²) in [5.41, 5.74) is 3.15. The maximum atomic E-state index is 14.7. The monoisotopic (exact) mass is 616 g/mol. The van der Waals surface area contributed by atoms with Crippen molar-refractivity contribution in [1.82, 2.24) is 9.88 Å². The van der Waals surface area contributed by atoms with Gasteiger partial charge in [-0.2, -0.15) is 0 Å². The van der Waals surface area contributed by atoms with Gasteiger partial charge in [0.25, 0.3) is 11.8 Å². The molecule has 222 valence electrons. The van der Waals surface area contributed by atoms with Gasteiger partial charge in [-0.05, 0) is 65.6 Å². The lowest BCUT2D eigenvalue weighted by Gasteiger charge is -2.38. The first-order valence-electron chi connectivity index (χ1n) is 13.6. The van der Waals surface area contributed by atoms with Crippen LogP contribution in [0.15, 0.2) is 84.3 Å². The lowest BCUT2D eigenvalue weighted by atomic mass is 9.86. The third kappa shape index (κ3) is 5.49. The summed E-state index contributed by atoms with van der Waals surface area (Å²) >= 11 is 5.93. The zero-order valence-corrected chi connectivity index (χ0v) is 23.6. The van der Waals surface area contributed by atoms with Crippen molar-refractivity contribution in [2.45, 2.75) is 25.0 Å². The molecule has 0 fully saturated rings. The molecular weight excluding hydrogens is 594 g/mol. The van der Waals surface area contributed by atoms with Crippen molar-refractivity contribution in [2.75, 3.05) is 11.9 Å². The number of hydrogen-bond donors (Lipinski definition) is 2. The number of oxime groups is 1. The number of carboxylic acid groups (broad SMARTS) is 1. The number of carbonyl (C=O) groups is 3. The van der Waals surface area contributed by atoms with Crippen LogP contribution in [0.1, 0.15) is 39.5 Å². The fourth-order valence-electron chi connectivity index (χ4n) is 5.51. The van der Waals surface area contributed by atoms with Crippen molar-refractivity contribution in [3.8, 4) is 11.1 Å². The highest BCUT2D eigenvalue weighted by molar-refractivity contribution is 6.31. The highest BCUT2D eigenvalue weighted by Gasteiger charge is 2.42. The molecule has 44 heavy (non-hydrogen) atoms. The van der Waals surface area contributed by atoms with Gasteiger partial charge in [0.15, 0.2) is 5.82 Å². The van der Waals surface area contributed by atoms with E-state index in [0.717, 1.165) is 11.8 Å². The molecule has 0 aliphatic carbocycles. The number of anilines is 1. The third-order valence-corrected chi connectivity index (χ3v) is 7.87. The number of rotatable bonds is 6. The van der Waals surface area contributed by atoms with Crippen LogP contribution >= 0.6 is 11.6 Å². The molecule has 9 nitrogen and oxygen atoms in total. The minimum atomic E-state index is -1.14. The van der Waals surface area contributed by atoms with Crippen LogP contribution in [-0.4, -0.2) is 51.1 Å². The maximum absolute atomic E-state index is 14.7. The summed E-state index contributed by atoms with van der Waals surface area (Å²) in [5.74, 6) is -3.40. The van der Waals surface area contributed by atoms with E-state index in [4.69, 9.17) is 16.4 Å². The molecule has 12 heteroatoms. The number of carbonyl (C=O) groups excluding carboxylic acids is 2. The van der Waals surface area contributed by atoms with Crippen LogP contribution < -0.4 is 5.32 Å². The number of halogens is 3. The van der Waals surface area contributed by atoms with Crippen molar-refractivity contribution in [1.29, 1.82) is 0 Å². The number of aromatic carboxylic acids is 1. The topological polar surface area (TPSA) is 121 Å². The molecule has 0 radical (unpaired) electrons. The van der Waals surface area contributed by atoms with Gasteiger partial charge >= 0.3 is 5.97 Å². The van der Waals surface area contributed by atoms with Gasteiger partial charge in [-0.3, -0.25) is 14.6 Å². The van der Waals surface area contributed by atoms with Crippen molar-refractivity contribution in [2.24, 2.45) is 5.16 Å². The molecule has 3 heterocycles. The minimum absolute atomic E-state index is 0.0422. The van der Waals surface area contributed by atoms with Crippen LogP contribution in [-0.2, 0) is 20.8 Å². The molecule has 2 N–H and O–H groups in total. The van der Waals surface area contributed by atoms with E-state index in [-0.39, 0.29) is 34.8 Å². The second-order valence-corrected chi connectivity index (χ2v) is 10.7. The van der Waals surface area contributed by atoms with Crippen LogP contribution in [0.3, 0.4) is 0 Å². The Morgan fingerprint density at radius 2 is 1.75 bits per heavy atom. The number of nitrogens with one attached hydrogen (secondary N) is 1. The van der Waals surface area contributed by atoms with Gasteiger partial charge in [0, 0.05) is 36.0 Å². The summed E-state index contributed by atoms with van der Waals surface area (Å²) in [6.45, 7) is 0.113. The van der Waals surface area contributed by atoms with Gasteiger partial charge in [0.1, 0.15) is 11.9 Å². The summed E-state index contributed by atoms with van der Waals surface area (Å²) in [5, 5.41) is 15.9. The normalized spacial score (nSPS) is 17.3. The SMILES string of the molecule is O=C(O)c1ccc(NC(=O)[C@H]2c3cccc(-c4cncc(F)c4)c3CCN2C(=O)[C@H]2CC(c3cccc(Cl)c3F)=NO2)cc1. The Morgan fingerprint density at radius 3 is 2.50 bits per heavy atom. The van der Waals surface area contributed by atoms with Crippen LogP contribution in [0, 0.1) is 11.6 Å². The van der Waals surface area contributed by atoms with E-state index in [0.29, 0.717) is 28.8 Å². The summed E-state index contributed by atoms with van der Waals surface area (Å²) in [6.07, 6.45) is 1.80. The molecule has 2 aliphatic heterocycles. The van der Waals surface area contributed by atoms with Crippen molar-refractivity contribution in [3.05, 3.63) is 118 Å². The minimum Gasteiger partial charge on any atom is -0.478 e. The fraction of sp³-hybridized carbons (Fsp3) is 0.156. The van der Waals surface area contributed by atoms with E-state index >= 15 is 0 Å². The lowest BCUT2D eigenvalue weighted by Crippen LogP contribution is -2.49. The molecule has 0 unspecified atom stereocenters. The molecule has 0 spiro atoms. The van der Waals surface area contributed by atoms with Crippen molar-refractivity contribution in [3.63, 3.8) is 0 Å². The molecule has 2 aliphatic rings. The van der Waals surface area contributed by atoms with E-state index in [2.05, 4.69) is 15.5 Å². The number of fused-ring (bicyclic) bond motifs is 1. The number of pyridine rings is 1. The molecule has 0 saturated carbocycles. The zero-order valence-electron chi connectivity index (χ0n) is 22.8. The van der Waals surface area contributed by atoms with E-state index in [1.54, 1.807) is 24.3 Å². The number of hydrogen-bond acceptors (Lipinski definition) is 6. The summed E-state index contributed by atoms with van der Waals surface area (Å²) in [6, 6.07) is 15.5. The number of benzene rings is 3. The lowest BCUT2D eigenvalue weighted by molar-refractivity contribution is -0.148. The predicted molar refractivity (Wildman–Crippen MR) is 157 cm³/mol. The number of aromatic nitrogens is 1. The molecule has 1 aromatic heterocycles. The van der Waals surface area contributed by atoms with E-state index in [1.165, 1.54) is 53.6 Å². The zero-order chi connectivity index (χ0) is 31.0. The Balaban J connectivity index is 1.33. The van der Waals surface area contributed by atoms with Crippen LogP contribution in [0.4, 0.5) is 14.5 Å². The average Bonchev–Trinajstić information content (AvgIpc) is 3.51. The molecule has 2 atom stereocenters. The fourth-order valence-corrected chi connectivity index (χ4v) is 5.68. The van der Waals surface area contributed by atoms with Crippen molar-refractivity contribution >= 4 is 40.8 Å². The molecule has 0 saturated heterocycles. The molecule has 4 aromatic rings. The second-order valence-electron chi connectivity index (χ2n) is 10.3.